The molecule has 0 amide bonds. The van der Waals surface area contributed by atoms with Gasteiger partial charge in [-0.3, -0.25) is 0 Å². The summed E-state index contributed by atoms with van der Waals surface area (Å²) in [5, 5.41) is 11.7. The fourth-order valence-corrected chi connectivity index (χ4v) is 2.61. The van der Waals surface area contributed by atoms with Crippen LogP contribution in [-0.2, 0) is 0 Å². The van der Waals surface area contributed by atoms with Gasteiger partial charge in [-0.05, 0) is 47.6 Å². The van der Waals surface area contributed by atoms with Crippen molar-refractivity contribution in [2.45, 2.75) is 58.7 Å². The number of halogens is 2. The number of hydrogen-bond acceptors (Lipinski definition) is 9. The van der Waals surface area contributed by atoms with E-state index in [0.717, 1.165) is 0 Å². The first kappa shape index (κ1) is 23.6. The summed E-state index contributed by atoms with van der Waals surface area (Å²) in [7, 11) is 0. The zero-order valence-corrected chi connectivity index (χ0v) is 18.9. The molecule has 0 saturated carbocycles. The van der Waals surface area contributed by atoms with Gasteiger partial charge in [0, 0.05) is 6.20 Å². The summed E-state index contributed by atoms with van der Waals surface area (Å²) < 4.78 is 44.5. The van der Waals surface area contributed by atoms with Gasteiger partial charge in [0.2, 0.25) is 11.6 Å². The third-order valence-electron chi connectivity index (χ3n) is 3.87. The molecule has 2 N–H and O–H groups in total. The van der Waals surface area contributed by atoms with Crippen molar-refractivity contribution in [3.63, 3.8) is 0 Å². The van der Waals surface area contributed by atoms with Gasteiger partial charge in [-0.1, -0.05) is 0 Å². The van der Waals surface area contributed by atoms with Gasteiger partial charge in [0.05, 0.1) is 17.5 Å². The minimum Gasteiger partial charge on any atom is -0.471 e. The van der Waals surface area contributed by atoms with E-state index in [4.69, 9.17) is 19.0 Å². The smallest absolute Gasteiger partial charge is 0.320 e. The molecule has 174 valence electrons. The van der Waals surface area contributed by atoms with Gasteiger partial charge < -0.3 is 24.3 Å². The number of fused-ring (bicyclic) bond motifs is 1. The van der Waals surface area contributed by atoms with Crippen LogP contribution in [-0.4, -0.2) is 55.3 Å². The number of nitrogens with one attached hydrogen (secondary N) is 1. The number of aliphatic hydroxyl groups excluding tert-OH is 1. The molecule has 9 nitrogen and oxygen atoms in total. The highest BCUT2D eigenvalue weighted by Crippen LogP contribution is 2.36. The first-order chi connectivity index (χ1) is 14.8. The largest absolute Gasteiger partial charge is 0.471 e. The molecule has 3 rings (SSSR count). The van der Waals surface area contributed by atoms with Crippen LogP contribution in [0.4, 0.5) is 14.6 Å². The van der Waals surface area contributed by atoms with E-state index in [1.807, 2.05) is 41.5 Å². The van der Waals surface area contributed by atoms with Crippen LogP contribution < -0.4 is 14.8 Å². The van der Waals surface area contributed by atoms with Gasteiger partial charge in [-0.25, -0.2) is 23.7 Å². The zero-order valence-electron chi connectivity index (χ0n) is 18.9. The van der Waals surface area contributed by atoms with Crippen molar-refractivity contribution in [3.05, 3.63) is 18.6 Å². The van der Waals surface area contributed by atoms with E-state index in [2.05, 4.69) is 25.3 Å². The van der Waals surface area contributed by atoms with E-state index in [9.17, 15) is 8.78 Å². The third kappa shape index (κ3) is 6.00. The Kier molecular flexibility index (Phi) is 6.23. The summed E-state index contributed by atoms with van der Waals surface area (Å²) in [4.78, 5) is 16.7. The topological polar surface area (TPSA) is 115 Å². The van der Waals surface area contributed by atoms with Crippen molar-refractivity contribution < 1.29 is 27.8 Å². The Morgan fingerprint density at radius 3 is 2.34 bits per heavy atom. The van der Waals surface area contributed by atoms with Gasteiger partial charge in [-0.2, -0.15) is 4.98 Å². The SMILES string of the molecule is CC(C)(C)Oc1ncc(-c2cc3c(NCC(F)(F)CO)ncnc3o2)c(OC(C)(C)C)n1. The zero-order chi connectivity index (χ0) is 23.7. The number of aromatic nitrogens is 4. The molecule has 11 heteroatoms. The van der Waals surface area contributed by atoms with Gasteiger partial charge in [0.1, 0.15) is 35.7 Å². The normalized spacial score (nSPS) is 12.8. The minimum absolute atomic E-state index is 0.144. The molecule has 0 aromatic carbocycles. The van der Waals surface area contributed by atoms with Crippen molar-refractivity contribution >= 4 is 16.9 Å². The van der Waals surface area contributed by atoms with Crippen LogP contribution in [0.2, 0.25) is 0 Å². The van der Waals surface area contributed by atoms with Crippen LogP contribution in [0.1, 0.15) is 41.5 Å². The highest BCUT2D eigenvalue weighted by Gasteiger charge is 2.28. The molecule has 32 heavy (non-hydrogen) atoms. The molecule has 0 aliphatic carbocycles. The average Bonchev–Trinajstić information content (AvgIpc) is 3.08. The lowest BCUT2D eigenvalue weighted by atomic mass is 10.2. The second-order valence-electron chi connectivity index (χ2n) is 9.22. The van der Waals surface area contributed by atoms with E-state index >= 15 is 0 Å². The van der Waals surface area contributed by atoms with Crippen LogP contribution in [0.25, 0.3) is 22.4 Å². The molecule has 3 aromatic rings. The van der Waals surface area contributed by atoms with E-state index in [0.29, 0.717) is 16.7 Å². The molecule has 0 fully saturated rings. The number of alkyl halides is 2. The highest BCUT2D eigenvalue weighted by atomic mass is 19.3. The van der Waals surface area contributed by atoms with Crippen molar-refractivity contribution in [1.29, 1.82) is 0 Å². The molecule has 0 atom stereocenters. The maximum atomic E-state index is 13.5. The predicted molar refractivity (Wildman–Crippen MR) is 114 cm³/mol. The molecule has 0 saturated heterocycles. The number of furan rings is 1. The molecule has 0 bridgehead atoms. The molecule has 3 heterocycles. The summed E-state index contributed by atoms with van der Waals surface area (Å²) in [5.74, 6) is -2.60. The second kappa shape index (κ2) is 8.45. The number of hydrogen-bond donors (Lipinski definition) is 2. The Morgan fingerprint density at radius 1 is 1.03 bits per heavy atom. The number of anilines is 1. The van der Waals surface area contributed by atoms with Crippen LogP contribution in [0.15, 0.2) is 23.0 Å². The quantitative estimate of drug-likeness (QED) is 0.548. The molecule has 3 aromatic heterocycles. The molecule has 0 radical (unpaired) electrons. The Hall–Kier alpha value is -3.08. The van der Waals surface area contributed by atoms with E-state index < -0.39 is 30.3 Å². The lowest BCUT2D eigenvalue weighted by Gasteiger charge is -2.23. The number of rotatable bonds is 7. The summed E-state index contributed by atoms with van der Waals surface area (Å²) in [6.45, 7) is 9.17. The van der Waals surface area contributed by atoms with Gasteiger partial charge in [0.15, 0.2) is 0 Å². The second-order valence-corrected chi connectivity index (χ2v) is 9.22. The fourth-order valence-electron chi connectivity index (χ4n) is 2.61. The fraction of sp³-hybridized carbons (Fsp3) is 0.524. The maximum Gasteiger partial charge on any atom is 0.320 e. The lowest BCUT2D eigenvalue weighted by Crippen LogP contribution is -2.31. The maximum absolute atomic E-state index is 13.5. The van der Waals surface area contributed by atoms with Crippen LogP contribution in [0.5, 0.6) is 11.9 Å². The van der Waals surface area contributed by atoms with Crippen LogP contribution >= 0.6 is 0 Å². The van der Waals surface area contributed by atoms with E-state index in [1.165, 1.54) is 12.5 Å². The third-order valence-corrected chi connectivity index (χ3v) is 3.87. The van der Waals surface area contributed by atoms with Crippen molar-refractivity contribution in [1.82, 2.24) is 19.9 Å². The van der Waals surface area contributed by atoms with E-state index in [1.54, 1.807) is 6.07 Å². The number of aliphatic hydroxyl groups is 1. The Morgan fingerprint density at radius 2 is 1.72 bits per heavy atom. The summed E-state index contributed by atoms with van der Waals surface area (Å²) in [5.41, 5.74) is -0.462. The Balaban J connectivity index is 2.02. The van der Waals surface area contributed by atoms with Crippen LogP contribution in [0, 0.1) is 0 Å². The summed E-state index contributed by atoms with van der Waals surface area (Å²) in [6, 6.07) is 1.73. The first-order valence-electron chi connectivity index (χ1n) is 9.99. The molecule has 0 aliphatic heterocycles. The monoisotopic (exact) mass is 451 g/mol. The number of nitrogens with zero attached hydrogens (tertiary/aromatic N) is 4. The number of ether oxygens (including phenoxy) is 2. The highest BCUT2D eigenvalue weighted by molar-refractivity contribution is 5.89. The standard InChI is InChI=1S/C21H27F2N5O4/c1-19(2,3)31-17-13(8-24-18(28-17)32-20(4,5)6)14-7-12-15(25-9-21(22,23)10-29)26-11-27-16(12)30-14/h7-8,11,29H,9-10H2,1-6H3,(H,25,26,27). The van der Waals surface area contributed by atoms with E-state index in [-0.39, 0.29) is 23.4 Å². The summed E-state index contributed by atoms with van der Waals surface area (Å²) >= 11 is 0. The lowest BCUT2D eigenvalue weighted by molar-refractivity contribution is -0.0373. The van der Waals surface area contributed by atoms with Gasteiger partial charge in [-0.15, -0.1) is 0 Å². The summed E-state index contributed by atoms with van der Waals surface area (Å²) in [6.07, 6.45) is 2.70. The van der Waals surface area contributed by atoms with Gasteiger partial charge in [0.25, 0.3) is 5.92 Å². The molecular formula is C21H27F2N5O4. The minimum atomic E-state index is -3.30. The Bertz CT molecular complexity index is 1090. The van der Waals surface area contributed by atoms with Crippen molar-refractivity contribution in [2.75, 3.05) is 18.5 Å². The van der Waals surface area contributed by atoms with Crippen molar-refractivity contribution in [2.24, 2.45) is 0 Å². The van der Waals surface area contributed by atoms with Crippen LogP contribution in [0.3, 0.4) is 0 Å². The Labute approximate surface area is 184 Å². The molecule has 0 spiro atoms. The molecule has 0 unspecified atom stereocenters. The van der Waals surface area contributed by atoms with Crippen molar-refractivity contribution in [3.8, 4) is 23.2 Å². The molecule has 0 aliphatic rings. The average molecular weight is 451 g/mol. The first-order valence-corrected chi connectivity index (χ1v) is 9.99. The molecular weight excluding hydrogens is 424 g/mol. The predicted octanol–water partition coefficient (Wildman–Crippen LogP) is 4.07. The van der Waals surface area contributed by atoms with Gasteiger partial charge >= 0.3 is 6.01 Å².